The number of nitrogens with zero attached hydrogens (tertiary/aromatic N) is 2. The summed E-state index contributed by atoms with van der Waals surface area (Å²) < 4.78 is 34.7. The Kier molecular flexibility index (Phi) is 11.1. The number of anilines is 1. The molecular formula is C33H40ClN3O5S. The second-order valence-electron chi connectivity index (χ2n) is 11.0. The van der Waals surface area contributed by atoms with E-state index >= 15 is 0 Å². The molecule has 1 aliphatic rings. The molecule has 0 heterocycles. The van der Waals surface area contributed by atoms with Gasteiger partial charge < -0.3 is 15.0 Å². The molecule has 1 atom stereocenters. The number of amides is 2. The lowest BCUT2D eigenvalue weighted by atomic mass is 9.95. The van der Waals surface area contributed by atoms with Crippen LogP contribution < -0.4 is 14.4 Å². The van der Waals surface area contributed by atoms with Crippen molar-refractivity contribution in [2.24, 2.45) is 0 Å². The van der Waals surface area contributed by atoms with Gasteiger partial charge in [-0.05, 0) is 69.0 Å². The Hall–Kier alpha value is -3.56. The number of aryl methyl sites for hydroxylation is 1. The number of benzene rings is 3. The van der Waals surface area contributed by atoms with Crippen LogP contribution in [-0.2, 0) is 26.0 Å². The van der Waals surface area contributed by atoms with Crippen LogP contribution in [0.1, 0.15) is 50.2 Å². The van der Waals surface area contributed by atoms with Crippen LogP contribution in [0.15, 0.2) is 77.7 Å². The van der Waals surface area contributed by atoms with Crippen LogP contribution in [0, 0.1) is 6.92 Å². The molecule has 230 valence electrons. The summed E-state index contributed by atoms with van der Waals surface area (Å²) in [4.78, 5) is 29.1. The van der Waals surface area contributed by atoms with Crippen LogP contribution in [-0.4, -0.2) is 57.4 Å². The molecule has 0 aliphatic heterocycles. The molecule has 0 aromatic heterocycles. The van der Waals surface area contributed by atoms with Crippen LogP contribution >= 0.6 is 11.6 Å². The SMILES string of the molecule is COc1ccc(Cl)cc1N(CC(=O)N(CCc1ccccc1)[C@@H](C)C(=O)NC1CCCCC1)S(=O)(=O)c1ccc(C)cc1. The summed E-state index contributed by atoms with van der Waals surface area (Å²) in [5.74, 6) is -0.520. The van der Waals surface area contributed by atoms with Gasteiger partial charge in [0.25, 0.3) is 10.0 Å². The first-order valence-electron chi connectivity index (χ1n) is 14.7. The monoisotopic (exact) mass is 625 g/mol. The van der Waals surface area contributed by atoms with E-state index in [0.717, 1.165) is 47.5 Å². The van der Waals surface area contributed by atoms with Gasteiger partial charge in [-0.15, -0.1) is 0 Å². The zero-order chi connectivity index (χ0) is 31.0. The van der Waals surface area contributed by atoms with Gasteiger partial charge in [0.05, 0.1) is 17.7 Å². The Balaban J connectivity index is 1.69. The average molecular weight is 626 g/mol. The molecular weight excluding hydrogens is 586 g/mol. The summed E-state index contributed by atoms with van der Waals surface area (Å²) in [7, 11) is -2.81. The first-order valence-corrected chi connectivity index (χ1v) is 16.5. The maximum absolute atomic E-state index is 14.2. The zero-order valence-corrected chi connectivity index (χ0v) is 26.5. The third-order valence-corrected chi connectivity index (χ3v) is 9.91. The van der Waals surface area contributed by atoms with E-state index in [-0.39, 0.29) is 39.8 Å². The maximum atomic E-state index is 14.2. The Labute approximate surface area is 260 Å². The first kappa shape index (κ1) is 32.4. The van der Waals surface area contributed by atoms with E-state index in [1.807, 2.05) is 37.3 Å². The number of ether oxygens (including phenoxy) is 1. The minimum Gasteiger partial charge on any atom is -0.495 e. The van der Waals surface area contributed by atoms with Gasteiger partial charge in [0.15, 0.2) is 0 Å². The molecule has 10 heteroatoms. The summed E-state index contributed by atoms with van der Waals surface area (Å²) in [6, 6.07) is 20.0. The predicted molar refractivity (Wildman–Crippen MR) is 170 cm³/mol. The Morgan fingerprint density at radius 3 is 2.33 bits per heavy atom. The summed E-state index contributed by atoms with van der Waals surface area (Å²) in [6.07, 6.45) is 5.59. The molecule has 1 fully saturated rings. The maximum Gasteiger partial charge on any atom is 0.264 e. The highest BCUT2D eigenvalue weighted by atomic mass is 35.5. The molecule has 3 aromatic rings. The second-order valence-corrected chi connectivity index (χ2v) is 13.3. The number of halogens is 1. The van der Waals surface area contributed by atoms with Crippen molar-refractivity contribution in [2.75, 3.05) is 24.5 Å². The molecule has 43 heavy (non-hydrogen) atoms. The summed E-state index contributed by atoms with van der Waals surface area (Å²) in [5.41, 5.74) is 2.03. The highest BCUT2D eigenvalue weighted by molar-refractivity contribution is 7.92. The standard InChI is InChI=1S/C33H40ClN3O5S/c1-24-14-17-29(18-15-24)43(40,41)37(30-22-27(34)16-19-31(30)42-3)23-32(38)36(21-20-26-10-6-4-7-11-26)25(2)33(39)35-28-12-8-5-9-13-28/h4,6-7,10-11,14-19,22,25,28H,5,8-9,12-13,20-21,23H2,1-3H3,(H,35,39)/t25-/m0/s1. The van der Waals surface area contributed by atoms with Gasteiger partial charge >= 0.3 is 0 Å². The van der Waals surface area contributed by atoms with E-state index in [9.17, 15) is 18.0 Å². The second kappa shape index (κ2) is 14.8. The van der Waals surface area contributed by atoms with Crippen LogP contribution in [0.25, 0.3) is 0 Å². The minimum atomic E-state index is -4.24. The average Bonchev–Trinajstić information content (AvgIpc) is 3.01. The van der Waals surface area contributed by atoms with Crippen LogP contribution in [0.2, 0.25) is 5.02 Å². The smallest absolute Gasteiger partial charge is 0.264 e. The van der Waals surface area contributed by atoms with Gasteiger partial charge in [-0.25, -0.2) is 8.42 Å². The lowest BCUT2D eigenvalue weighted by molar-refractivity contribution is -0.139. The fourth-order valence-corrected chi connectivity index (χ4v) is 6.93. The van der Waals surface area contributed by atoms with Crippen molar-refractivity contribution in [1.82, 2.24) is 10.2 Å². The van der Waals surface area contributed by atoms with Crippen molar-refractivity contribution >= 4 is 39.1 Å². The summed E-state index contributed by atoms with van der Waals surface area (Å²) in [6.45, 7) is 3.23. The fourth-order valence-electron chi connectivity index (χ4n) is 5.35. The number of methoxy groups -OCH3 is 1. The highest BCUT2D eigenvalue weighted by Crippen LogP contribution is 2.35. The zero-order valence-electron chi connectivity index (χ0n) is 25.0. The van der Waals surface area contributed by atoms with E-state index in [0.29, 0.717) is 6.42 Å². The molecule has 2 amide bonds. The number of carbonyl (C=O) groups excluding carboxylic acids is 2. The van der Waals surface area contributed by atoms with E-state index in [4.69, 9.17) is 16.3 Å². The predicted octanol–water partition coefficient (Wildman–Crippen LogP) is 5.76. The molecule has 3 aromatic carbocycles. The molecule has 8 nitrogen and oxygen atoms in total. The molecule has 1 aliphatic carbocycles. The van der Waals surface area contributed by atoms with Gasteiger partial charge in [-0.1, -0.05) is 78.9 Å². The molecule has 1 N–H and O–H groups in total. The number of carbonyl (C=O) groups is 2. The van der Waals surface area contributed by atoms with Gasteiger partial charge in [0.2, 0.25) is 11.8 Å². The van der Waals surface area contributed by atoms with Crippen molar-refractivity contribution in [2.45, 2.75) is 69.4 Å². The number of nitrogens with one attached hydrogen (secondary N) is 1. The van der Waals surface area contributed by atoms with Gasteiger partial charge in [-0.3, -0.25) is 13.9 Å². The number of sulfonamides is 1. The third kappa shape index (κ3) is 8.30. The number of rotatable bonds is 12. The Morgan fingerprint density at radius 1 is 1.00 bits per heavy atom. The molecule has 0 bridgehead atoms. The Bertz CT molecular complexity index is 1490. The van der Waals surface area contributed by atoms with Crippen molar-refractivity contribution in [3.8, 4) is 5.75 Å². The molecule has 0 saturated heterocycles. The lowest BCUT2D eigenvalue weighted by Crippen LogP contribution is -2.53. The van der Waals surface area contributed by atoms with Crippen molar-refractivity contribution in [3.63, 3.8) is 0 Å². The van der Waals surface area contributed by atoms with E-state index in [2.05, 4.69) is 5.32 Å². The molecule has 0 radical (unpaired) electrons. The van der Waals surface area contributed by atoms with E-state index < -0.39 is 28.5 Å². The van der Waals surface area contributed by atoms with Gasteiger partial charge in [-0.2, -0.15) is 0 Å². The largest absolute Gasteiger partial charge is 0.495 e. The van der Waals surface area contributed by atoms with Gasteiger partial charge in [0, 0.05) is 17.6 Å². The van der Waals surface area contributed by atoms with Crippen LogP contribution in [0.4, 0.5) is 5.69 Å². The number of hydrogen-bond donors (Lipinski definition) is 1. The van der Waals surface area contributed by atoms with Crippen molar-refractivity contribution in [1.29, 1.82) is 0 Å². The fraction of sp³-hybridized carbons (Fsp3) is 0.394. The molecule has 0 unspecified atom stereocenters. The molecule has 1 saturated carbocycles. The minimum absolute atomic E-state index is 0.0202. The van der Waals surface area contributed by atoms with Crippen molar-refractivity contribution in [3.05, 3.63) is 88.9 Å². The van der Waals surface area contributed by atoms with E-state index in [1.165, 1.54) is 30.2 Å². The lowest BCUT2D eigenvalue weighted by Gasteiger charge is -2.33. The topological polar surface area (TPSA) is 96.0 Å². The molecule has 4 rings (SSSR count). The number of hydrogen-bond acceptors (Lipinski definition) is 5. The highest BCUT2D eigenvalue weighted by Gasteiger charge is 2.34. The van der Waals surface area contributed by atoms with E-state index in [1.54, 1.807) is 31.2 Å². The van der Waals surface area contributed by atoms with Crippen LogP contribution in [0.3, 0.4) is 0 Å². The normalized spacial score (nSPS) is 14.5. The van der Waals surface area contributed by atoms with Crippen LogP contribution in [0.5, 0.6) is 5.75 Å². The molecule has 0 spiro atoms. The summed E-state index contributed by atoms with van der Waals surface area (Å²) >= 11 is 6.31. The third-order valence-electron chi connectivity index (χ3n) is 7.90. The summed E-state index contributed by atoms with van der Waals surface area (Å²) in [5, 5.41) is 3.41. The first-order chi connectivity index (χ1) is 20.6. The Morgan fingerprint density at radius 2 is 1.67 bits per heavy atom. The van der Waals surface area contributed by atoms with Crippen molar-refractivity contribution < 1.29 is 22.7 Å². The quantitative estimate of drug-likeness (QED) is 0.276. The van der Waals surface area contributed by atoms with Gasteiger partial charge in [0.1, 0.15) is 18.3 Å².